The first-order valence-electron chi connectivity index (χ1n) is 9.33. The number of amides is 2. The Morgan fingerprint density at radius 1 is 1.27 bits per heavy atom. The fourth-order valence-electron chi connectivity index (χ4n) is 3.54. The van der Waals surface area contributed by atoms with Crippen LogP contribution in [0, 0.1) is 5.92 Å². The SMILES string of the molecule is CC[C@@H](CNC(=O)[C@@H]1CCCN(C(=O)c2ccoc2)C1)c1ccccc1. The molecule has 1 aromatic heterocycles. The number of rotatable bonds is 6. The molecule has 2 aromatic rings. The Bertz CT molecular complexity index is 712. The number of carbonyl (C=O) groups is 2. The van der Waals surface area contributed by atoms with E-state index in [0.717, 1.165) is 19.3 Å². The van der Waals surface area contributed by atoms with Gasteiger partial charge in [0.15, 0.2) is 0 Å². The predicted octanol–water partition coefficient (Wildman–Crippen LogP) is 3.44. The molecule has 0 bridgehead atoms. The second-order valence-electron chi connectivity index (χ2n) is 6.86. The smallest absolute Gasteiger partial charge is 0.257 e. The molecule has 2 atom stereocenters. The maximum atomic E-state index is 12.6. The highest BCUT2D eigenvalue weighted by Crippen LogP contribution is 2.21. The fraction of sp³-hybridized carbons (Fsp3) is 0.429. The van der Waals surface area contributed by atoms with E-state index in [9.17, 15) is 9.59 Å². The Morgan fingerprint density at radius 3 is 2.77 bits per heavy atom. The summed E-state index contributed by atoms with van der Waals surface area (Å²) in [5, 5.41) is 3.10. The first kappa shape index (κ1) is 18.2. The van der Waals surface area contributed by atoms with Crippen LogP contribution in [-0.4, -0.2) is 36.3 Å². The highest BCUT2D eigenvalue weighted by atomic mass is 16.3. The van der Waals surface area contributed by atoms with Gasteiger partial charge < -0.3 is 14.6 Å². The van der Waals surface area contributed by atoms with E-state index in [-0.39, 0.29) is 17.7 Å². The van der Waals surface area contributed by atoms with Crippen LogP contribution in [-0.2, 0) is 4.79 Å². The number of hydrogen-bond donors (Lipinski definition) is 1. The number of likely N-dealkylation sites (tertiary alicyclic amines) is 1. The molecule has 1 aromatic carbocycles. The van der Waals surface area contributed by atoms with Crippen molar-refractivity contribution in [2.75, 3.05) is 19.6 Å². The summed E-state index contributed by atoms with van der Waals surface area (Å²) in [6, 6.07) is 11.9. The van der Waals surface area contributed by atoms with Gasteiger partial charge in [0, 0.05) is 25.6 Å². The molecule has 26 heavy (non-hydrogen) atoms. The van der Waals surface area contributed by atoms with E-state index in [4.69, 9.17) is 4.42 Å². The zero-order valence-corrected chi connectivity index (χ0v) is 15.2. The Balaban J connectivity index is 1.55. The van der Waals surface area contributed by atoms with Crippen molar-refractivity contribution in [2.45, 2.75) is 32.1 Å². The molecular weight excluding hydrogens is 328 g/mol. The summed E-state index contributed by atoms with van der Waals surface area (Å²) >= 11 is 0. The predicted molar refractivity (Wildman–Crippen MR) is 99.8 cm³/mol. The van der Waals surface area contributed by atoms with Crippen LogP contribution in [0.2, 0.25) is 0 Å². The van der Waals surface area contributed by atoms with Crippen LogP contribution in [0.3, 0.4) is 0 Å². The molecule has 0 unspecified atom stereocenters. The van der Waals surface area contributed by atoms with Gasteiger partial charge in [-0.15, -0.1) is 0 Å². The van der Waals surface area contributed by atoms with Crippen molar-refractivity contribution in [3.8, 4) is 0 Å². The van der Waals surface area contributed by atoms with Gasteiger partial charge >= 0.3 is 0 Å². The van der Waals surface area contributed by atoms with Crippen LogP contribution in [0.1, 0.15) is 48.0 Å². The standard InChI is InChI=1S/C21H26N2O3/c1-2-16(17-7-4-3-5-8-17)13-22-20(24)18-9-6-11-23(14-18)21(25)19-10-12-26-15-19/h3-5,7-8,10,12,15-16,18H,2,6,9,11,13-14H2,1H3,(H,22,24)/t16-,18+/m0/s1. The Labute approximate surface area is 154 Å². The maximum Gasteiger partial charge on any atom is 0.257 e. The normalized spacial score (nSPS) is 18.3. The lowest BCUT2D eigenvalue weighted by Gasteiger charge is -2.32. The highest BCUT2D eigenvalue weighted by Gasteiger charge is 2.29. The van der Waals surface area contributed by atoms with Gasteiger partial charge in [-0.2, -0.15) is 0 Å². The summed E-state index contributed by atoms with van der Waals surface area (Å²) < 4.78 is 4.99. The topological polar surface area (TPSA) is 62.6 Å². The molecule has 138 valence electrons. The zero-order chi connectivity index (χ0) is 18.4. The Hall–Kier alpha value is -2.56. The molecule has 3 rings (SSSR count). The maximum absolute atomic E-state index is 12.6. The third-order valence-corrected chi connectivity index (χ3v) is 5.13. The van der Waals surface area contributed by atoms with Crippen LogP contribution < -0.4 is 5.32 Å². The van der Waals surface area contributed by atoms with Gasteiger partial charge in [0.05, 0.1) is 17.7 Å². The molecule has 0 saturated carbocycles. The number of piperidine rings is 1. The lowest BCUT2D eigenvalue weighted by molar-refractivity contribution is -0.126. The van der Waals surface area contributed by atoms with E-state index in [2.05, 4.69) is 24.4 Å². The second kappa shape index (κ2) is 8.70. The molecule has 2 heterocycles. The molecule has 1 saturated heterocycles. The van der Waals surface area contributed by atoms with Crippen LogP contribution in [0.4, 0.5) is 0 Å². The summed E-state index contributed by atoms with van der Waals surface area (Å²) in [6.07, 6.45) is 5.59. The van der Waals surface area contributed by atoms with Gasteiger partial charge in [-0.05, 0) is 30.9 Å². The number of carbonyl (C=O) groups excluding carboxylic acids is 2. The molecule has 1 N–H and O–H groups in total. The fourth-order valence-corrected chi connectivity index (χ4v) is 3.54. The van der Waals surface area contributed by atoms with Crippen LogP contribution in [0.25, 0.3) is 0 Å². The van der Waals surface area contributed by atoms with Crippen molar-refractivity contribution in [3.63, 3.8) is 0 Å². The minimum atomic E-state index is -0.145. The van der Waals surface area contributed by atoms with Crippen molar-refractivity contribution in [1.82, 2.24) is 10.2 Å². The van der Waals surface area contributed by atoms with Gasteiger partial charge in [0.1, 0.15) is 6.26 Å². The largest absolute Gasteiger partial charge is 0.472 e. The summed E-state index contributed by atoms with van der Waals surface area (Å²) in [7, 11) is 0. The highest BCUT2D eigenvalue weighted by molar-refractivity contribution is 5.94. The average Bonchev–Trinajstić information content (AvgIpc) is 3.23. The van der Waals surface area contributed by atoms with Gasteiger partial charge in [-0.1, -0.05) is 37.3 Å². The lowest BCUT2D eigenvalue weighted by atomic mass is 9.94. The number of nitrogens with zero attached hydrogens (tertiary/aromatic N) is 1. The molecule has 1 aliphatic heterocycles. The number of benzene rings is 1. The van der Waals surface area contributed by atoms with Gasteiger partial charge in [-0.3, -0.25) is 9.59 Å². The molecule has 0 radical (unpaired) electrons. The Kier molecular flexibility index (Phi) is 6.10. The van der Waals surface area contributed by atoms with E-state index in [1.54, 1.807) is 11.0 Å². The average molecular weight is 354 g/mol. The van der Waals surface area contributed by atoms with Crippen molar-refractivity contribution in [2.24, 2.45) is 5.92 Å². The van der Waals surface area contributed by atoms with Crippen molar-refractivity contribution in [1.29, 1.82) is 0 Å². The molecular formula is C21H26N2O3. The first-order valence-corrected chi connectivity index (χ1v) is 9.33. The van der Waals surface area contributed by atoms with E-state index in [1.165, 1.54) is 18.1 Å². The molecule has 5 nitrogen and oxygen atoms in total. The summed E-state index contributed by atoms with van der Waals surface area (Å²) in [5.41, 5.74) is 1.79. The number of furan rings is 1. The summed E-state index contributed by atoms with van der Waals surface area (Å²) in [6.45, 7) is 3.93. The quantitative estimate of drug-likeness (QED) is 0.864. The minimum Gasteiger partial charge on any atom is -0.472 e. The molecule has 5 heteroatoms. The van der Waals surface area contributed by atoms with E-state index >= 15 is 0 Å². The molecule has 0 aliphatic carbocycles. The van der Waals surface area contributed by atoms with Crippen LogP contribution in [0.5, 0.6) is 0 Å². The lowest BCUT2D eigenvalue weighted by Crippen LogP contribution is -2.46. The van der Waals surface area contributed by atoms with Crippen LogP contribution in [0.15, 0.2) is 53.3 Å². The number of hydrogen-bond acceptors (Lipinski definition) is 3. The third-order valence-electron chi connectivity index (χ3n) is 5.13. The molecule has 2 amide bonds. The van der Waals surface area contributed by atoms with E-state index in [0.29, 0.717) is 31.1 Å². The van der Waals surface area contributed by atoms with E-state index in [1.807, 2.05) is 18.2 Å². The van der Waals surface area contributed by atoms with Gasteiger partial charge in [0.25, 0.3) is 5.91 Å². The van der Waals surface area contributed by atoms with Crippen molar-refractivity contribution in [3.05, 3.63) is 60.1 Å². The van der Waals surface area contributed by atoms with Gasteiger partial charge in [0.2, 0.25) is 5.91 Å². The summed E-state index contributed by atoms with van der Waals surface area (Å²) in [4.78, 5) is 26.9. The van der Waals surface area contributed by atoms with Crippen molar-refractivity contribution >= 4 is 11.8 Å². The molecule has 1 aliphatic rings. The minimum absolute atomic E-state index is 0.0454. The monoisotopic (exact) mass is 354 g/mol. The first-order chi connectivity index (χ1) is 12.7. The summed E-state index contributed by atoms with van der Waals surface area (Å²) in [5.74, 6) is 0.149. The molecule has 1 fully saturated rings. The Morgan fingerprint density at radius 2 is 2.08 bits per heavy atom. The van der Waals surface area contributed by atoms with E-state index < -0.39 is 0 Å². The molecule has 0 spiro atoms. The van der Waals surface area contributed by atoms with Crippen molar-refractivity contribution < 1.29 is 14.0 Å². The zero-order valence-electron chi connectivity index (χ0n) is 15.2. The van der Waals surface area contributed by atoms with Crippen LogP contribution >= 0.6 is 0 Å². The third kappa shape index (κ3) is 4.34. The van der Waals surface area contributed by atoms with Gasteiger partial charge in [-0.25, -0.2) is 0 Å². The second-order valence-corrected chi connectivity index (χ2v) is 6.86. The number of nitrogens with one attached hydrogen (secondary N) is 1.